The Morgan fingerprint density at radius 3 is 1.95 bits per heavy atom. The van der Waals surface area contributed by atoms with Gasteiger partial charge >= 0.3 is 127 Å². The standard InChI is InChI=1S/C15H15O.3CH3.Sn/c1-12-7-6-8-13(2)15(12)16-11-14-9-4-3-5-10-14;;;;/h3-5,7-10H,11H2,1-2H3;3*1H3;. The molecular formula is C18H24OSn. The van der Waals surface area contributed by atoms with E-state index in [-0.39, 0.29) is 0 Å². The van der Waals surface area contributed by atoms with E-state index in [9.17, 15) is 0 Å². The molecule has 2 rings (SSSR count). The number of ether oxygens (including phenoxy) is 1. The average Bonchev–Trinajstić information content (AvgIpc) is 2.37. The van der Waals surface area contributed by atoms with E-state index in [0.717, 1.165) is 5.75 Å². The van der Waals surface area contributed by atoms with Crippen LogP contribution in [0.3, 0.4) is 0 Å². The molecule has 2 aromatic rings. The van der Waals surface area contributed by atoms with Crippen LogP contribution in [0.2, 0.25) is 14.8 Å². The molecule has 2 aromatic carbocycles. The Morgan fingerprint density at radius 1 is 0.900 bits per heavy atom. The fourth-order valence-corrected chi connectivity index (χ4v) is 6.05. The van der Waals surface area contributed by atoms with Gasteiger partial charge in [-0.15, -0.1) is 0 Å². The molecule has 0 aromatic heterocycles. The fraction of sp³-hybridized carbons (Fsp3) is 0.333. The third kappa shape index (κ3) is 3.78. The molecule has 0 aliphatic rings. The first kappa shape index (κ1) is 15.4. The van der Waals surface area contributed by atoms with Gasteiger partial charge in [-0.25, -0.2) is 0 Å². The molecule has 20 heavy (non-hydrogen) atoms. The molecule has 0 spiro atoms. The summed E-state index contributed by atoms with van der Waals surface area (Å²) in [5.41, 5.74) is 3.75. The van der Waals surface area contributed by atoms with Crippen LogP contribution < -0.4 is 8.32 Å². The molecule has 0 radical (unpaired) electrons. The predicted molar refractivity (Wildman–Crippen MR) is 89.7 cm³/mol. The molecule has 0 N–H and O–H groups in total. The summed E-state index contributed by atoms with van der Waals surface area (Å²) in [6, 6.07) is 15.0. The molecule has 106 valence electrons. The summed E-state index contributed by atoms with van der Waals surface area (Å²) in [6.45, 7) is 4.96. The van der Waals surface area contributed by atoms with Gasteiger partial charge in [-0.2, -0.15) is 0 Å². The molecule has 2 heteroatoms. The van der Waals surface area contributed by atoms with Gasteiger partial charge in [0, 0.05) is 0 Å². The fourth-order valence-electron chi connectivity index (χ4n) is 2.34. The number of rotatable bonds is 4. The van der Waals surface area contributed by atoms with Crippen LogP contribution in [0.1, 0.15) is 16.7 Å². The quantitative estimate of drug-likeness (QED) is 0.719. The summed E-state index contributed by atoms with van der Waals surface area (Å²) < 4.78 is 7.62. The summed E-state index contributed by atoms with van der Waals surface area (Å²) in [4.78, 5) is 7.36. The van der Waals surface area contributed by atoms with Crippen molar-refractivity contribution in [2.24, 2.45) is 0 Å². The zero-order valence-corrected chi connectivity index (χ0v) is 16.0. The van der Waals surface area contributed by atoms with Crippen molar-refractivity contribution in [2.45, 2.75) is 35.3 Å². The Morgan fingerprint density at radius 2 is 1.45 bits per heavy atom. The van der Waals surface area contributed by atoms with Gasteiger partial charge in [0.25, 0.3) is 0 Å². The van der Waals surface area contributed by atoms with E-state index in [0.29, 0.717) is 6.61 Å². The van der Waals surface area contributed by atoms with Gasteiger partial charge in [0.1, 0.15) is 0 Å². The van der Waals surface area contributed by atoms with E-state index >= 15 is 0 Å². The first-order chi connectivity index (χ1) is 9.38. The Balaban J connectivity index is 2.21. The number of hydrogen-bond acceptors (Lipinski definition) is 1. The Bertz CT molecular complexity index is 559. The van der Waals surface area contributed by atoms with Crippen LogP contribution in [0, 0.1) is 13.8 Å². The van der Waals surface area contributed by atoms with E-state index in [1.54, 1.807) is 3.58 Å². The number of aryl methyl sites for hydroxylation is 2. The molecule has 0 aliphatic heterocycles. The molecule has 0 heterocycles. The van der Waals surface area contributed by atoms with Crippen molar-refractivity contribution in [1.82, 2.24) is 0 Å². The van der Waals surface area contributed by atoms with Crippen molar-refractivity contribution >= 4 is 22.0 Å². The number of benzene rings is 2. The molecule has 0 atom stereocenters. The molecule has 0 saturated heterocycles. The van der Waals surface area contributed by atoms with Crippen molar-refractivity contribution in [3.8, 4) is 5.75 Å². The van der Waals surface area contributed by atoms with Crippen LogP contribution >= 0.6 is 0 Å². The molecule has 1 nitrogen and oxygen atoms in total. The zero-order valence-electron chi connectivity index (χ0n) is 13.2. The van der Waals surface area contributed by atoms with Crippen LogP contribution in [0.4, 0.5) is 0 Å². The molecule has 0 saturated carbocycles. The third-order valence-electron chi connectivity index (χ3n) is 3.55. The van der Waals surface area contributed by atoms with Gasteiger partial charge in [0.2, 0.25) is 0 Å². The van der Waals surface area contributed by atoms with E-state index in [1.807, 2.05) is 6.07 Å². The van der Waals surface area contributed by atoms with Crippen molar-refractivity contribution in [2.75, 3.05) is 0 Å². The van der Waals surface area contributed by atoms with Gasteiger partial charge < -0.3 is 0 Å². The van der Waals surface area contributed by atoms with Gasteiger partial charge in [0.15, 0.2) is 0 Å². The SMILES string of the molecule is Cc1c[c]([Sn]([CH3])([CH3])[CH3])cc(C)c1OCc1ccccc1. The van der Waals surface area contributed by atoms with Crippen LogP contribution in [0.15, 0.2) is 42.5 Å². The van der Waals surface area contributed by atoms with Gasteiger partial charge in [-0.05, 0) is 0 Å². The van der Waals surface area contributed by atoms with Gasteiger partial charge in [0.05, 0.1) is 0 Å². The summed E-state index contributed by atoms with van der Waals surface area (Å²) in [5, 5.41) is 0. The second-order valence-electron chi connectivity index (χ2n) is 6.46. The van der Waals surface area contributed by atoms with Crippen LogP contribution in [0.5, 0.6) is 5.75 Å². The van der Waals surface area contributed by atoms with Crippen molar-refractivity contribution in [1.29, 1.82) is 0 Å². The minimum absolute atomic E-state index is 0.640. The van der Waals surface area contributed by atoms with E-state index in [2.05, 4.69) is 65.1 Å². The van der Waals surface area contributed by atoms with Crippen molar-refractivity contribution < 1.29 is 4.74 Å². The predicted octanol–water partition coefficient (Wildman–Crippen LogP) is 4.43. The summed E-state index contributed by atoms with van der Waals surface area (Å²) in [6.07, 6.45) is 0. The monoisotopic (exact) mass is 376 g/mol. The molecule has 0 bridgehead atoms. The van der Waals surface area contributed by atoms with Crippen molar-refractivity contribution in [3.05, 3.63) is 59.2 Å². The van der Waals surface area contributed by atoms with Crippen LogP contribution in [0.25, 0.3) is 0 Å². The summed E-state index contributed by atoms with van der Waals surface area (Å²) in [7, 11) is 0. The first-order valence-electron chi connectivity index (χ1n) is 7.16. The number of hydrogen-bond donors (Lipinski definition) is 0. The van der Waals surface area contributed by atoms with E-state index in [4.69, 9.17) is 4.74 Å². The Labute approximate surface area is 126 Å². The van der Waals surface area contributed by atoms with Gasteiger partial charge in [-0.1, -0.05) is 0 Å². The topological polar surface area (TPSA) is 9.23 Å². The molecule has 0 fully saturated rings. The first-order valence-corrected chi connectivity index (χ1v) is 17.2. The summed E-state index contributed by atoms with van der Waals surface area (Å²) >= 11 is -2.00. The maximum atomic E-state index is 6.04. The Hall–Kier alpha value is -0.961. The maximum absolute atomic E-state index is 6.04. The second kappa shape index (κ2) is 6.21. The Kier molecular flexibility index (Phi) is 4.79. The van der Waals surface area contributed by atoms with Crippen LogP contribution in [-0.4, -0.2) is 18.4 Å². The summed E-state index contributed by atoms with van der Waals surface area (Å²) in [5.74, 6) is 1.05. The molecular weight excluding hydrogens is 351 g/mol. The average molecular weight is 375 g/mol. The normalized spacial score (nSPS) is 11.4. The molecule has 0 amide bonds. The van der Waals surface area contributed by atoms with E-state index in [1.165, 1.54) is 16.7 Å². The molecule has 0 unspecified atom stereocenters. The third-order valence-corrected chi connectivity index (χ3v) is 9.32. The van der Waals surface area contributed by atoms with E-state index < -0.39 is 18.4 Å². The minimum atomic E-state index is -2.00. The molecule has 0 aliphatic carbocycles. The second-order valence-corrected chi connectivity index (χ2v) is 21.0. The van der Waals surface area contributed by atoms with Crippen LogP contribution in [-0.2, 0) is 6.61 Å². The van der Waals surface area contributed by atoms with Crippen molar-refractivity contribution in [3.63, 3.8) is 0 Å². The van der Waals surface area contributed by atoms with Gasteiger partial charge in [-0.3, -0.25) is 0 Å². The zero-order chi connectivity index (χ0) is 14.8.